The maximum Gasteiger partial charge on any atom is 0.373 e. The average Bonchev–Trinajstić information content (AvgIpc) is 2.03. The molecule has 0 aromatic rings. The highest BCUT2D eigenvalue weighted by Gasteiger charge is 2.05. The predicted molar refractivity (Wildman–Crippen MR) is 41.9 cm³/mol. The zero-order chi connectivity index (χ0) is 8.69. The molecule has 0 aromatic heterocycles. The van der Waals surface area contributed by atoms with Crippen molar-refractivity contribution in [2.24, 2.45) is 4.99 Å². The standard InChI is InChI=1S/C6H11N3O2/c1-3-8-4-9-5(7)6(10)11-2/h4H,3H2,1-2H3,(H2,7,8,9). The molecule has 0 aliphatic rings. The largest absolute Gasteiger partial charge is 0.463 e. The van der Waals surface area contributed by atoms with Crippen LogP contribution in [-0.4, -0.2) is 31.8 Å². The lowest BCUT2D eigenvalue weighted by Gasteiger charge is -1.98. The Labute approximate surface area is 65.0 Å². The van der Waals surface area contributed by atoms with Crippen molar-refractivity contribution < 1.29 is 9.53 Å². The lowest BCUT2D eigenvalue weighted by Crippen LogP contribution is -2.30. The van der Waals surface area contributed by atoms with Crippen LogP contribution in [0, 0.1) is 5.41 Å². The highest BCUT2D eigenvalue weighted by atomic mass is 16.5. The molecule has 0 saturated carbocycles. The number of amidine groups is 1. The summed E-state index contributed by atoms with van der Waals surface area (Å²) in [5, 5.41) is 9.35. The first-order valence-electron chi connectivity index (χ1n) is 3.14. The molecule has 0 heterocycles. The van der Waals surface area contributed by atoms with Gasteiger partial charge in [0.15, 0.2) is 0 Å². The first kappa shape index (κ1) is 9.61. The summed E-state index contributed by atoms with van der Waals surface area (Å²) in [7, 11) is 1.22. The van der Waals surface area contributed by atoms with Crippen molar-refractivity contribution in [3.05, 3.63) is 0 Å². The Morgan fingerprint density at radius 2 is 2.45 bits per heavy atom. The summed E-state index contributed by atoms with van der Waals surface area (Å²) in [5.41, 5.74) is 0. The minimum atomic E-state index is -0.701. The number of ether oxygens (including phenoxy) is 1. The van der Waals surface area contributed by atoms with E-state index >= 15 is 0 Å². The van der Waals surface area contributed by atoms with E-state index in [0.29, 0.717) is 6.54 Å². The zero-order valence-electron chi connectivity index (χ0n) is 6.55. The summed E-state index contributed by atoms with van der Waals surface area (Å²) < 4.78 is 4.26. The first-order valence-corrected chi connectivity index (χ1v) is 3.14. The molecule has 2 N–H and O–H groups in total. The van der Waals surface area contributed by atoms with Crippen molar-refractivity contribution in [3.63, 3.8) is 0 Å². The highest BCUT2D eigenvalue weighted by molar-refractivity contribution is 6.35. The number of rotatable bonds is 2. The number of methoxy groups -OCH3 is 1. The van der Waals surface area contributed by atoms with Crippen molar-refractivity contribution >= 4 is 18.1 Å². The third-order valence-electron chi connectivity index (χ3n) is 0.872. The van der Waals surface area contributed by atoms with Gasteiger partial charge in [0.1, 0.15) is 0 Å². The molecule has 0 spiro atoms. The van der Waals surface area contributed by atoms with Gasteiger partial charge >= 0.3 is 5.97 Å². The van der Waals surface area contributed by atoms with Gasteiger partial charge in [0.2, 0.25) is 5.84 Å². The van der Waals surface area contributed by atoms with Crippen LogP contribution in [0.2, 0.25) is 0 Å². The van der Waals surface area contributed by atoms with Crippen LogP contribution < -0.4 is 5.32 Å². The second-order valence-electron chi connectivity index (χ2n) is 1.64. The maximum atomic E-state index is 10.5. The quantitative estimate of drug-likeness (QED) is 0.330. The van der Waals surface area contributed by atoms with Gasteiger partial charge in [-0.3, -0.25) is 10.4 Å². The molecule has 5 nitrogen and oxygen atoms in total. The fourth-order valence-electron chi connectivity index (χ4n) is 0.362. The monoisotopic (exact) mass is 157 g/mol. The predicted octanol–water partition coefficient (Wildman–Crippen LogP) is -0.226. The number of carbonyl (C=O) groups excluding carboxylic acids is 1. The molecule has 0 aromatic carbocycles. The molecular formula is C6H11N3O2. The second-order valence-corrected chi connectivity index (χ2v) is 1.64. The van der Waals surface area contributed by atoms with E-state index in [1.807, 2.05) is 6.92 Å². The zero-order valence-corrected chi connectivity index (χ0v) is 6.55. The minimum Gasteiger partial charge on any atom is -0.463 e. The van der Waals surface area contributed by atoms with Crippen LogP contribution in [0.5, 0.6) is 0 Å². The summed E-state index contributed by atoms with van der Waals surface area (Å²) in [6.07, 6.45) is 1.29. The number of hydrogen-bond donors (Lipinski definition) is 2. The highest BCUT2D eigenvalue weighted by Crippen LogP contribution is 1.72. The van der Waals surface area contributed by atoms with E-state index in [9.17, 15) is 4.79 Å². The molecule has 0 radical (unpaired) electrons. The van der Waals surface area contributed by atoms with Gasteiger partial charge in [-0.05, 0) is 6.92 Å². The van der Waals surface area contributed by atoms with Gasteiger partial charge < -0.3 is 10.1 Å². The number of hydrogen-bond acceptors (Lipinski definition) is 4. The van der Waals surface area contributed by atoms with Crippen LogP contribution in [-0.2, 0) is 9.53 Å². The average molecular weight is 157 g/mol. The van der Waals surface area contributed by atoms with Gasteiger partial charge in [-0.25, -0.2) is 4.79 Å². The molecule has 0 saturated heterocycles. The van der Waals surface area contributed by atoms with E-state index in [1.54, 1.807) is 0 Å². The van der Waals surface area contributed by atoms with E-state index < -0.39 is 5.97 Å². The molecule has 0 atom stereocenters. The SMILES string of the molecule is CCN=CNC(=N)C(=O)OC. The summed E-state index contributed by atoms with van der Waals surface area (Å²) in [6, 6.07) is 0. The molecule has 62 valence electrons. The Hall–Kier alpha value is -1.39. The third kappa shape index (κ3) is 4.07. The van der Waals surface area contributed by atoms with Gasteiger partial charge in [0, 0.05) is 6.54 Å². The third-order valence-corrected chi connectivity index (χ3v) is 0.872. The number of aliphatic imine (C=N–C) groups is 1. The molecule has 11 heavy (non-hydrogen) atoms. The Morgan fingerprint density at radius 1 is 1.82 bits per heavy atom. The second kappa shape index (κ2) is 5.40. The smallest absolute Gasteiger partial charge is 0.373 e. The van der Waals surface area contributed by atoms with Crippen molar-refractivity contribution in [2.45, 2.75) is 6.92 Å². The minimum absolute atomic E-state index is 0.315. The molecule has 0 aliphatic heterocycles. The van der Waals surface area contributed by atoms with Gasteiger partial charge in [-0.15, -0.1) is 0 Å². The van der Waals surface area contributed by atoms with E-state index in [1.165, 1.54) is 13.4 Å². The lowest BCUT2D eigenvalue weighted by molar-refractivity contribution is -0.132. The summed E-state index contributed by atoms with van der Waals surface area (Å²) in [5.74, 6) is -1.02. The summed E-state index contributed by atoms with van der Waals surface area (Å²) >= 11 is 0. The Balaban J connectivity index is 3.69. The van der Waals surface area contributed by atoms with Gasteiger partial charge in [0.25, 0.3) is 0 Å². The van der Waals surface area contributed by atoms with Crippen LogP contribution in [0.3, 0.4) is 0 Å². The van der Waals surface area contributed by atoms with Gasteiger partial charge in [-0.2, -0.15) is 0 Å². The van der Waals surface area contributed by atoms with Crippen molar-refractivity contribution in [3.8, 4) is 0 Å². The number of carbonyl (C=O) groups is 1. The van der Waals surface area contributed by atoms with Crippen LogP contribution in [0.1, 0.15) is 6.92 Å². The first-order chi connectivity index (χ1) is 5.22. The van der Waals surface area contributed by atoms with E-state index in [4.69, 9.17) is 5.41 Å². The molecule has 0 bridgehead atoms. The Bertz CT molecular complexity index is 177. The van der Waals surface area contributed by atoms with Crippen LogP contribution in [0.25, 0.3) is 0 Å². The number of nitrogens with one attached hydrogen (secondary N) is 2. The van der Waals surface area contributed by atoms with E-state index in [0.717, 1.165) is 0 Å². The normalized spacial score (nSPS) is 9.64. The molecule has 0 unspecified atom stereocenters. The van der Waals surface area contributed by atoms with E-state index in [2.05, 4.69) is 15.0 Å². The summed E-state index contributed by atoms with van der Waals surface area (Å²) in [4.78, 5) is 14.3. The van der Waals surface area contributed by atoms with Gasteiger partial charge in [0.05, 0.1) is 13.4 Å². The number of esters is 1. The van der Waals surface area contributed by atoms with Crippen molar-refractivity contribution in [1.29, 1.82) is 5.41 Å². The molecular weight excluding hydrogens is 146 g/mol. The van der Waals surface area contributed by atoms with Crippen LogP contribution in [0.4, 0.5) is 0 Å². The fraction of sp³-hybridized carbons (Fsp3) is 0.500. The lowest BCUT2D eigenvalue weighted by atomic mass is 10.6. The summed E-state index contributed by atoms with van der Waals surface area (Å²) in [6.45, 7) is 2.46. The van der Waals surface area contributed by atoms with Crippen molar-refractivity contribution in [2.75, 3.05) is 13.7 Å². The fourth-order valence-corrected chi connectivity index (χ4v) is 0.362. The molecule has 0 amide bonds. The Kier molecular flexibility index (Phi) is 4.72. The van der Waals surface area contributed by atoms with Crippen molar-refractivity contribution in [1.82, 2.24) is 5.32 Å². The maximum absolute atomic E-state index is 10.5. The van der Waals surface area contributed by atoms with Gasteiger partial charge in [-0.1, -0.05) is 0 Å². The van der Waals surface area contributed by atoms with Crippen LogP contribution in [0.15, 0.2) is 4.99 Å². The molecule has 0 rings (SSSR count). The Morgan fingerprint density at radius 3 is 2.91 bits per heavy atom. The molecule has 5 heteroatoms. The topological polar surface area (TPSA) is 74.5 Å². The number of nitrogens with zero attached hydrogens (tertiary/aromatic N) is 1. The van der Waals surface area contributed by atoms with E-state index in [-0.39, 0.29) is 5.84 Å². The van der Waals surface area contributed by atoms with Crippen LogP contribution >= 0.6 is 0 Å². The molecule has 0 aliphatic carbocycles. The molecule has 0 fully saturated rings.